The third kappa shape index (κ3) is 4.02. The zero-order valence-electron chi connectivity index (χ0n) is 10.3. The summed E-state index contributed by atoms with van der Waals surface area (Å²) >= 11 is 5.92. The zero-order chi connectivity index (χ0) is 12.8. The molecule has 1 rings (SSSR count). The molecule has 1 aromatic rings. The van der Waals surface area contributed by atoms with Crippen molar-refractivity contribution in [3.8, 4) is 0 Å². The van der Waals surface area contributed by atoms with Gasteiger partial charge in [-0.3, -0.25) is 4.79 Å². The number of nitrogens with two attached hydrogens (primary N) is 1. The Morgan fingerprint density at radius 1 is 1.53 bits per heavy atom. The summed E-state index contributed by atoms with van der Waals surface area (Å²) in [6.07, 6.45) is 0. The Morgan fingerprint density at radius 2 is 2.24 bits per heavy atom. The summed E-state index contributed by atoms with van der Waals surface area (Å²) in [5, 5.41) is 0.692. The third-order valence-electron chi connectivity index (χ3n) is 2.73. The molecule has 1 unspecified atom stereocenters. The topological polar surface area (TPSA) is 46.3 Å². The van der Waals surface area contributed by atoms with Gasteiger partial charge in [-0.2, -0.15) is 0 Å². The van der Waals surface area contributed by atoms with Crippen LogP contribution in [-0.2, 0) is 11.3 Å². The molecule has 0 saturated carbocycles. The highest BCUT2D eigenvalue weighted by Gasteiger charge is 2.17. The van der Waals surface area contributed by atoms with Crippen LogP contribution in [0.1, 0.15) is 19.4 Å². The smallest absolute Gasteiger partial charge is 0.226 e. The van der Waals surface area contributed by atoms with Crippen LogP contribution in [0.4, 0.5) is 0 Å². The Kier molecular flexibility index (Phi) is 5.45. The molecule has 0 aliphatic heterocycles. The predicted octanol–water partition coefficient (Wildman–Crippen LogP) is 2.28. The molecule has 0 aromatic heterocycles. The summed E-state index contributed by atoms with van der Waals surface area (Å²) in [4.78, 5) is 13.8. The van der Waals surface area contributed by atoms with Gasteiger partial charge in [-0.05, 0) is 24.6 Å². The Hall–Kier alpha value is -1.06. The Balaban J connectivity index is 2.73. The highest BCUT2D eigenvalue weighted by atomic mass is 35.5. The van der Waals surface area contributed by atoms with Gasteiger partial charge in [-0.25, -0.2) is 0 Å². The maximum atomic E-state index is 12.0. The minimum Gasteiger partial charge on any atom is -0.338 e. The largest absolute Gasteiger partial charge is 0.338 e. The molecular weight excluding hydrogens is 236 g/mol. The standard InChI is InChI=1S/C13H19ClN2O/c1-3-16(13(17)10(2)8-15)9-11-5-4-6-12(14)7-11/h4-7,10H,3,8-9,15H2,1-2H3. The van der Waals surface area contributed by atoms with Crippen LogP contribution in [-0.4, -0.2) is 23.9 Å². The van der Waals surface area contributed by atoms with Crippen LogP contribution in [0.3, 0.4) is 0 Å². The first-order chi connectivity index (χ1) is 8.08. The fourth-order valence-corrected chi connectivity index (χ4v) is 1.83. The van der Waals surface area contributed by atoms with Crippen LogP contribution < -0.4 is 5.73 Å². The molecule has 1 amide bonds. The lowest BCUT2D eigenvalue weighted by Gasteiger charge is -2.24. The van der Waals surface area contributed by atoms with Crippen molar-refractivity contribution < 1.29 is 4.79 Å². The first-order valence-corrected chi connectivity index (χ1v) is 6.19. The van der Waals surface area contributed by atoms with E-state index in [1.165, 1.54) is 0 Å². The van der Waals surface area contributed by atoms with Gasteiger partial charge in [-0.15, -0.1) is 0 Å². The molecule has 0 aliphatic carbocycles. The van der Waals surface area contributed by atoms with Crippen LogP contribution in [0.5, 0.6) is 0 Å². The van der Waals surface area contributed by atoms with Crippen LogP contribution in [0.2, 0.25) is 5.02 Å². The summed E-state index contributed by atoms with van der Waals surface area (Å²) in [7, 11) is 0. The van der Waals surface area contributed by atoms with Crippen molar-refractivity contribution >= 4 is 17.5 Å². The Morgan fingerprint density at radius 3 is 2.76 bits per heavy atom. The molecule has 0 spiro atoms. The first-order valence-electron chi connectivity index (χ1n) is 5.81. The average molecular weight is 255 g/mol. The summed E-state index contributed by atoms with van der Waals surface area (Å²) in [6, 6.07) is 7.56. The van der Waals surface area contributed by atoms with E-state index < -0.39 is 0 Å². The van der Waals surface area contributed by atoms with Crippen LogP contribution >= 0.6 is 11.6 Å². The maximum Gasteiger partial charge on any atom is 0.226 e. The second kappa shape index (κ2) is 6.62. The average Bonchev–Trinajstić information content (AvgIpc) is 2.34. The molecule has 3 nitrogen and oxygen atoms in total. The lowest BCUT2D eigenvalue weighted by Crippen LogP contribution is -2.37. The van der Waals surface area contributed by atoms with Gasteiger partial charge in [0.25, 0.3) is 0 Å². The molecule has 17 heavy (non-hydrogen) atoms. The minimum atomic E-state index is -0.130. The number of benzene rings is 1. The van der Waals surface area contributed by atoms with E-state index in [9.17, 15) is 4.79 Å². The Bertz CT molecular complexity index is 381. The molecule has 94 valence electrons. The fourth-order valence-electron chi connectivity index (χ4n) is 1.61. The number of hydrogen-bond acceptors (Lipinski definition) is 2. The maximum absolute atomic E-state index is 12.0. The minimum absolute atomic E-state index is 0.0926. The Labute approximate surface area is 108 Å². The van der Waals surface area contributed by atoms with E-state index in [0.29, 0.717) is 24.7 Å². The lowest BCUT2D eigenvalue weighted by atomic mass is 10.1. The van der Waals surface area contributed by atoms with Crippen LogP contribution in [0.25, 0.3) is 0 Å². The number of hydrogen-bond donors (Lipinski definition) is 1. The van der Waals surface area contributed by atoms with Gasteiger partial charge in [0.2, 0.25) is 5.91 Å². The summed E-state index contributed by atoms with van der Waals surface area (Å²) in [6.45, 7) is 5.45. The zero-order valence-corrected chi connectivity index (χ0v) is 11.1. The van der Waals surface area contributed by atoms with Gasteiger partial charge in [0.1, 0.15) is 0 Å². The van der Waals surface area contributed by atoms with Crippen molar-refractivity contribution in [3.63, 3.8) is 0 Å². The monoisotopic (exact) mass is 254 g/mol. The van der Waals surface area contributed by atoms with Crippen LogP contribution in [0, 0.1) is 5.92 Å². The summed E-state index contributed by atoms with van der Waals surface area (Å²) < 4.78 is 0. The summed E-state index contributed by atoms with van der Waals surface area (Å²) in [5.41, 5.74) is 6.55. The van der Waals surface area contributed by atoms with Crippen molar-refractivity contribution in [2.45, 2.75) is 20.4 Å². The van der Waals surface area contributed by atoms with E-state index in [2.05, 4.69) is 0 Å². The van der Waals surface area contributed by atoms with E-state index >= 15 is 0 Å². The van der Waals surface area contributed by atoms with Crippen molar-refractivity contribution in [2.75, 3.05) is 13.1 Å². The van der Waals surface area contributed by atoms with E-state index in [4.69, 9.17) is 17.3 Å². The van der Waals surface area contributed by atoms with Gasteiger partial charge in [0.15, 0.2) is 0 Å². The van der Waals surface area contributed by atoms with Crippen LogP contribution in [0.15, 0.2) is 24.3 Å². The molecule has 0 heterocycles. The predicted molar refractivity (Wildman–Crippen MR) is 70.8 cm³/mol. The highest BCUT2D eigenvalue weighted by Crippen LogP contribution is 2.13. The van der Waals surface area contributed by atoms with Gasteiger partial charge in [0, 0.05) is 30.6 Å². The number of rotatable bonds is 5. The molecule has 0 fully saturated rings. The van der Waals surface area contributed by atoms with E-state index in [0.717, 1.165) is 5.56 Å². The van der Waals surface area contributed by atoms with Crippen molar-refractivity contribution in [1.29, 1.82) is 0 Å². The molecule has 0 bridgehead atoms. The van der Waals surface area contributed by atoms with Gasteiger partial charge in [0.05, 0.1) is 0 Å². The van der Waals surface area contributed by atoms with Gasteiger partial charge < -0.3 is 10.6 Å². The molecule has 0 radical (unpaired) electrons. The number of amides is 1. The molecule has 1 atom stereocenters. The summed E-state index contributed by atoms with van der Waals surface area (Å²) in [5.74, 6) is -0.0379. The molecule has 4 heteroatoms. The quantitative estimate of drug-likeness (QED) is 0.876. The SMILES string of the molecule is CCN(Cc1cccc(Cl)c1)C(=O)C(C)CN. The normalized spacial score (nSPS) is 12.2. The van der Waals surface area contributed by atoms with Crippen molar-refractivity contribution in [3.05, 3.63) is 34.9 Å². The second-order valence-electron chi connectivity index (χ2n) is 4.12. The first kappa shape index (κ1) is 14.0. The molecule has 0 saturated heterocycles. The second-order valence-corrected chi connectivity index (χ2v) is 4.56. The molecule has 0 aliphatic rings. The van der Waals surface area contributed by atoms with E-state index in [1.807, 2.05) is 38.1 Å². The fraction of sp³-hybridized carbons (Fsp3) is 0.462. The van der Waals surface area contributed by atoms with Crippen molar-refractivity contribution in [1.82, 2.24) is 4.90 Å². The van der Waals surface area contributed by atoms with Crippen molar-refractivity contribution in [2.24, 2.45) is 11.7 Å². The number of nitrogens with zero attached hydrogens (tertiary/aromatic N) is 1. The van der Waals surface area contributed by atoms with Gasteiger partial charge in [-0.1, -0.05) is 30.7 Å². The molecule has 1 aromatic carbocycles. The highest BCUT2D eigenvalue weighted by molar-refractivity contribution is 6.30. The van der Waals surface area contributed by atoms with E-state index in [1.54, 1.807) is 4.90 Å². The van der Waals surface area contributed by atoms with Gasteiger partial charge >= 0.3 is 0 Å². The van der Waals surface area contributed by atoms with E-state index in [-0.39, 0.29) is 11.8 Å². The molecular formula is C13H19ClN2O. The lowest BCUT2D eigenvalue weighted by molar-refractivity contribution is -0.135. The number of halogens is 1. The third-order valence-corrected chi connectivity index (χ3v) is 2.97. The molecule has 2 N–H and O–H groups in total. The number of carbonyl (C=O) groups excluding carboxylic acids is 1. The number of carbonyl (C=O) groups is 1.